The van der Waals surface area contributed by atoms with E-state index in [4.69, 9.17) is 0 Å². The van der Waals surface area contributed by atoms with E-state index in [9.17, 15) is 4.79 Å². The molecule has 0 radical (unpaired) electrons. The summed E-state index contributed by atoms with van der Waals surface area (Å²) >= 11 is 0. The van der Waals surface area contributed by atoms with Crippen LogP contribution in [0.5, 0.6) is 0 Å². The van der Waals surface area contributed by atoms with Crippen LogP contribution in [0.4, 0.5) is 0 Å². The van der Waals surface area contributed by atoms with Crippen molar-refractivity contribution in [2.45, 2.75) is 19.8 Å². The number of carbonyl (C=O) groups excluding carboxylic acids is 1. The predicted molar refractivity (Wildman–Crippen MR) is 97.7 cm³/mol. The summed E-state index contributed by atoms with van der Waals surface area (Å²) in [6.07, 6.45) is 8.92. The Balaban J connectivity index is 1.71. The van der Waals surface area contributed by atoms with E-state index in [0.717, 1.165) is 11.3 Å². The van der Waals surface area contributed by atoms with Gasteiger partial charge in [-0.2, -0.15) is 0 Å². The summed E-state index contributed by atoms with van der Waals surface area (Å²) in [7, 11) is 0. The fourth-order valence-electron chi connectivity index (χ4n) is 2.86. The molecule has 5 heteroatoms. The molecule has 1 aromatic carbocycles. The molecule has 0 unspecified atom stereocenters. The monoisotopic (exact) mass is 334 g/mol. The fourth-order valence-corrected chi connectivity index (χ4v) is 2.86. The number of pyridine rings is 1. The van der Waals surface area contributed by atoms with Crippen molar-refractivity contribution < 1.29 is 4.79 Å². The number of nitrogens with one attached hydrogen (secondary N) is 1. The second-order valence-corrected chi connectivity index (χ2v) is 6.37. The SMILES string of the molecule is CC(C)[C@H](CNC(=O)c1cccc(-n2ccnc2)c1)c1cccnc1. The predicted octanol–water partition coefficient (Wildman–Crippen LogP) is 3.44. The average Bonchev–Trinajstić information content (AvgIpc) is 3.17. The minimum atomic E-state index is -0.0727. The van der Waals surface area contributed by atoms with Crippen molar-refractivity contribution in [3.8, 4) is 5.69 Å². The van der Waals surface area contributed by atoms with Crippen LogP contribution in [0, 0.1) is 5.92 Å². The van der Waals surface area contributed by atoms with Gasteiger partial charge < -0.3 is 9.88 Å². The van der Waals surface area contributed by atoms with E-state index < -0.39 is 0 Å². The summed E-state index contributed by atoms with van der Waals surface area (Å²) in [6.45, 7) is 4.89. The average molecular weight is 334 g/mol. The summed E-state index contributed by atoms with van der Waals surface area (Å²) in [6, 6.07) is 11.5. The minimum Gasteiger partial charge on any atom is -0.351 e. The molecule has 1 atom stereocenters. The number of amides is 1. The molecule has 0 spiro atoms. The van der Waals surface area contributed by atoms with Gasteiger partial charge in [-0.15, -0.1) is 0 Å². The zero-order valence-corrected chi connectivity index (χ0v) is 14.5. The number of nitrogens with zero attached hydrogens (tertiary/aromatic N) is 3. The van der Waals surface area contributed by atoms with Crippen molar-refractivity contribution in [3.05, 3.63) is 78.6 Å². The summed E-state index contributed by atoms with van der Waals surface area (Å²) in [5, 5.41) is 3.06. The molecule has 0 aliphatic heterocycles. The van der Waals surface area contributed by atoms with Crippen LogP contribution in [0.15, 0.2) is 67.5 Å². The van der Waals surface area contributed by atoms with Gasteiger partial charge in [0.25, 0.3) is 5.91 Å². The third-order valence-corrected chi connectivity index (χ3v) is 4.31. The van der Waals surface area contributed by atoms with E-state index in [1.54, 1.807) is 18.7 Å². The van der Waals surface area contributed by atoms with Crippen molar-refractivity contribution >= 4 is 5.91 Å². The number of hydrogen-bond acceptors (Lipinski definition) is 3. The van der Waals surface area contributed by atoms with E-state index in [0.29, 0.717) is 18.0 Å². The molecule has 3 rings (SSSR count). The standard InChI is InChI=1S/C20H22N4O/c1-15(2)19(17-6-4-8-21-12-17)13-23-20(25)16-5-3-7-18(11-16)24-10-9-22-14-24/h3-12,14-15,19H,13H2,1-2H3,(H,23,25)/t19-/m0/s1. The van der Waals surface area contributed by atoms with Crippen molar-refractivity contribution in [3.63, 3.8) is 0 Å². The van der Waals surface area contributed by atoms with E-state index in [1.807, 2.05) is 47.3 Å². The normalized spacial score (nSPS) is 12.1. The Morgan fingerprint density at radius 3 is 2.72 bits per heavy atom. The molecule has 2 aromatic heterocycles. The molecule has 5 nitrogen and oxygen atoms in total. The zero-order valence-electron chi connectivity index (χ0n) is 14.5. The highest BCUT2D eigenvalue weighted by molar-refractivity contribution is 5.94. The first-order valence-electron chi connectivity index (χ1n) is 8.41. The molecule has 3 aromatic rings. The van der Waals surface area contributed by atoms with Crippen LogP contribution >= 0.6 is 0 Å². The van der Waals surface area contributed by atoms with Gasteiger partial charge in [-0.1, -0.05) is 26.0 Å². The number of aromatic nitrogens is 3. The van der Waals surface area contributed by atoms with E-state index in [2.05, 4.69) is 35.2 Å². The Morgan fingerprint density at radius 2 is 2.04 bits per heavy atom. The fraction of sp³-hybridized carbons (Fsp3) is 0.250. The van der Waals surface area contributed by atoms with Crippen molar-refractivity contribution in [2.24, 2.45) is 5.92 Å². The van der Waals surface area contributed by atoms with E-state index in [-0.39, 0.29) is 11.8 Å². The van der Waals surface area contributed by atoms with Crippen molar-refractivity contribution in [2.75, 3.05) is 6.54 Å². The summed E-state index contributed by atoms with van der Waals surface area (Å²) in [4.78, 5) is 20.8. The first-order valence-corrected chi connectivity index (χ1v) is 8.41. The second-order valence-electron chi connectivity index (χ2n) is 6.37. The molecule has 2 heterocycles. The lowest BCUT2D eigenvalue weighted by molar-refractivity contribution is 0.0949. The smallest absolute Gasteiger partial charge is 0.251 e. The molecule has 0 aliphatic rings. The highest BCUT2D eigenvalue weighted by Gasteiger charge is 2.17. The Kier molecular flexibility index (Phi) is 5.23. The maximum Gasteiger partial charge on any atom is 0.251 e. The van der Waals surface area contributed by atoms with Crippen molar-refractivity contribution in [1.29, 1.82) is 0 Å². The Labute approximate surface area is 147 Å². The molecule has 0 bridgehead atoms. The highest BCUT2D eigenvalue weighted by Crippen LogP contribution is 2.23. The van der Waals surface area contributed by atoms with Crippen LogP contribution in [0.2, 0.25) is 0 Å². The van der Waals surface area contributed by atoms with Gasteiger partial charge in [-0.3, -0.25) is 9.78 Å². The third-order valence-electron chi connectivity index (χ3n) is 4.31. The lowest BCUT2D eigenvalue weighted by Crippen LogP contribution is -2.30. The molecule has 0 saturated carbocycles. The molecule has 25 heavy (non-hydrogen) atoms. The lowest BCUT2D eigenvalue weighted by Gasteiger charge is -2.21. The molecule has 1 N–H and O–H groups in total. The third kappa shape index (κ3) is 4.12. The van der Waals surface area contributed by atoms with E-state index in [1.165, 1.54) is 0 Å². The van der Waals surface area contributed by atoms with Crippen LogP contribution < -0.4 is 5.32 Å². The number of carbonyl (C=O) groups is 1. The largest absolute Gasteiger partial charge is 0.351 e. The van der Waals surface area contributed by atoms with E-state index >= 15 is 0 Å². The Hall–Kier alpha value is -2.95. The van der Waals surface area contributed by atoms with Crippen molar-refractivity contribution in [1.82, 2.24) is 19.9 Å². The molecule has 0 fully saturated rings. The summed E-state index contributed by atoms with van der Waals surface area (Å²) in [5.74, 6) is 0.563. The van der Waals surface area contributed by atoms with Crippen LogP contribution in [0.25, 0.3) is 5.69 Å². The van der Waals surface area contributed by atoms with Gasteiger partial charge in [0, 0.05) is 48.5 Å². The van der Waals surface area contributed by atoms with Gasteiger partial charge in [0.15, 0.2) is 0 Å². The first-order chi connectivity index (χ1) is 12.1. The van der Waals surface area contributed by atoms with Crippen LogP contribution in [-0.2, 0) is 0 Å². The summed E-state index contributed by atoms with van der Waals surface area (Å²) in [5.41, 5.74) is 2.70. The maximum atomic E-state index is 12.6. The number of benzene rings is 1. The zero-order chi connectivity index (χ0) is 17.6. The molecule has 0 aliphatic carbocycles. The van der Waals surface area contributed by atoms with Crippen LogP contribution in [0.3, 0.4) is 0 Å². The molecule has 1 amide bonds. The Morgan fingerprint density at radius 1 is 1.16 bits per heavy atom. The number of hydrogen-bond donors (Lipinski definition) is 1. The van der Waals surface area contributed by atoms with Crippen LogP contribution in [0.1, 0.15) is 35.7 Å². The quantitative estimate of drug-likeness (QED) is 0.751. The topological polar surface area (TPSA) is 59.8 Å². The number of imidazole rings is 1. The first kappa shape index (κ1) is 16.9. The van der Waals surface area contributed by atoms with Gasteiger partial charge in [0.05, 0.1) is 6.33 Å². The van der Waals surface area contributed by atoms with Gasteiger partial charge in [0.1, 0.15) is 0 Å². The number of rotatable bonds is 6. The Bertz CT molecular complexity index is 813. The second kappa shape index (κ2) is 7.75. The highest BCUT2D eigenvalue weighted by atomic mass is 16.1. The lowest BCUT2D eigenvalue weighted by atomic mass is 9.89. The molecule has 128 valence electrons. The molecular weight excluding hydrogens is 312 g/mol. The van der Waals surface area contributed by atoms with Gasteiger partial charge in [-0.05, 0) is 35.7 Å². The minimum absolute atomic E-state index is 0.0727. The van der Waals surface area contributed by atoms with Gasteiger partial charge >= 0.3 is 0 Å². The molecular formula is C20H22N4O. The van der Waals surface area contributed by atoms with Gasteiger partial charge in [-0.25, -0.2) is 4.98 Å². The molecule has 0 saturated heterocycles. The maximum absolute atomic E-state index is 12.6. The van der Waals surface area contributed by atoms with Gasteiger partial charge in [0.2, 0.25) is 0 Å². The summed E-state index contributed by atoms with van der Waals surface area (Å²) < 4.78 is 1.88. The van der Waals surface area contributed by atoms with Crippen LogP contribution in [-0.4, -0.2) is 27.0 Å².